The van der Waals surface area contributed by atoms with Crippen LogP contribution in [-0.2, 0) is 4.79 Å². The summed E-state index contributed by atoms with van der Waals surface area (Å²) in [5, 5.41) is 8.07. The van der Waals surface area contributed by atoms with Crippen LogP contribution in [-0.4, -0.2) is 29.3 Å². The zero-order valence-electron chi connectivity index (χ0n) is 5.91. The predicted octanol–water partition coefficient (Wildman–Crippen LogP) is 1.43. The van der Waals surface area contributed by atoms with Gasteiger partial charge in [-0.15, -0.1) is 0 Å². The molecule has 0 unspecified atom stereocenters. The minimum atomic E-state index is -5.34. The summed E-state index contributed by atoms with van der Waals surface area (Å²) in [6.07, 6.45) is -15.8. The van der Waals surface area contributed by atoms with E-state index in [9.17, 15) is 31.1 Å². The topological polar surface area (TPSA) is 37.3 Å². The lowest BCUT2D eigenvalue weighted by Gasteiger charge is -2.14. The Kier molecular flexibility index (Phi) is 3.31. The molecule has 8 heteroatoms. The fraction of sp³-hybridized carbons (Fsp3) is 0.800. The van der Waals surface area contributed by atoms with Crippen LogP contribution in [0.15, 0.2) is 0 Å². The van der Waals surface area contributed by atoms with Gasteiger partial charge in [-0.3, -0.25) is 4.79 Å². The van der Waals surface area contributed by atoms with Crippen LogP contribution in [0.5, 0.6) is 0 Å². The standard InChI is InChI=1S/C5H4F6O2/c6-4(7,8)2(12)1-3(13)5(9,10)11/h2,12H,1H2/t2-/m0/s1. The number of carbonyl (C=O) groups is 1. The van der Waals surface area contributed by atoms with Crippen molar-refractivity contribution >= 4 is 5.78 Å². The van der Waals surface area contributed by atoms with Gasteiger partial charge in [-0.05, 0) is 0 Å². The molecule has 0 aliphatic rings. The summed E-state index contributed by atoms with van der Waals surface area (Å²) in [7, 11) is 0. The SMILES string of the molecule is O=C(C[C@H](O)C(F)(F)F)C(F)(F)F. The number of ketones is 1. The molecule has 0 aliphatic heterocycles. The number of aliphatic hydroxyl groups excluding tert-OH is 1. The number of halogens is 6. The van der Waals surface area contributed by atoms with E-state index in [2.05, 4.69) is 0 Å². The first kappa shape index (κ1) is 12.2. The van der Waals surface area contributed by atoms with Gasteiger partial charge >= 0.3 is 12.4 Å². The predicted molar refractivity (Wildman–Crippen MR) is 27.7 cm³/mol. The third-order valence-electron chi connectivity index (χ3n) is 1.07. The lowest BCUT2D eigenvalue weighted by Crippen LogP contribution is -2.35. The Bertz CT molecular complexity index is 192. The van der Waals surface area contributed by atoms with Crippen molar-refractivity contribution in [3.8, 4) is 0 Å². The zero-order valence-corrected chi connectivity index (χ0v) is 5.91. The van der Waals surface area contributed by atoms with Gasteiger partial charge in [0.25, 0.3) is 0 Å². The van der Waals surface area contributed by atoms with Crippen LogP contribution in [0.25, 0.3) is 0 Å². The van der Waals surface area contributed by atoms with Crippen LogP contribution in [0.1, 0.15) is 6.42 Å². The van der Waals surface area contributed by atoms with Gasteiger partial charge in [-0.1, -0.05) is 0 Å². The van der Waals surface area contributed by atoms with Crippen LogP contribution >= 0.6 is 0 Å². The molecule has 0 aliphatic carbocycles. The molecule has 0 saturated carbocycles. The molecule has 0 radical (unpaired) electrons. The van der Waals surface area contributed by atoms with Crippen LogP contribution in [0.2, 0.25) is 0 Å². The van der Waals surface area contributed by atoms with E-state index >= 15 is 0 Å². The summed E-state index contributed by atoms with van der Waals surface area (Å²) < 4.78 is 68.4. The molecular formula is C5H4F6O2. The maximum absolute atomic E-state index is 11.4. The highest BCUT2D eigenvalue weighted by molar-refractivity contribution is 5.84. The molecule has 0 spiro atoms. The van der Waals surface area contributed by atoms with E-state index in [1.807, 2.05) is 0 Å². The maximum atomic E-state index is 11.4. The Balaban J connectivity index is 4.24. The fourth-order valence-corrected chi connectivity index (χ4v) is 0.407. The number of carbonyl (C=O) groups excluding carboxylic acids is 1. The summed E-state index contributed by atoms with van der Waals surface area (Å²) in [4.78, 5) is 9.94. The van der Waals surface area contributed by atoms with Gasteiger partial charge in [0, 0.05) is 0 Å². The molecule has 1 atom stereocenters. The highest BCUT2D eigenvalue weighted by atomic mass is 19.4. The highest BCUT2D eigenvalue weighted by Crippen LogP contribution is 2.26. The minimum Gasteiger partial charge on any atom is -0.383 e. The number of hydrogen-bond acceptors (Lipinski definition) is 2. The summed E-state index contributed by atoms with van der Waals surface area (Å²) in [5.41, 5.74) is 0. The normalized spacial score (nSPS) is 15.6. The van der Waals surface area contributed by atoms with Crippen LogP contribution in [0, 0.1) is 0 Å². The largest absolute Gasteiger partial charge is 0.450 e. The van der Waals surface area contributed by atoms with Crippen molar-refractivity contribution in [3.05, 3.63) is 0 Å². The molecule has 78 valence electrons. The van der Waals surface area contributed by atoms with Crippen molar-refractivity contribution in [2.45, 2.75) is 24.9 Å². The summed E-state index contributed by atoms with van der Waals surface area (Å²) in [6.45, 7) is 0. The van der Waals surface area contributed by atoms with Crippen molar-refractivity contribution in [2.75, 3.05) is 0 Å². The van der Waals surface area contributed by atoms with Crippen molar-refractivity contribution in [1.29, 1.82) is 0 Å². The van der Waals surface area contributed by atoms with Gasteiger partial charge in [0.05, 0.1) is 6.42 Å². The summed E-state index contributed by atoms with van der Waals surface area (Å²) in [5.74, 6) is -2.60. The number of rotatable bonds is 2. The van der Waals surface area contributed by atoms with E-state index < -0.39 is 30.7 Å². The van der Waals surface area contributed by atoms with E-state index in [0.29, 0.717) is 0 Å². The first-order valence-corrected chi connectivity index (χ1v) is 2.90. The van der Waals surface area contributed by atoms with E-state index in [1.54, 1.807) is 0 Å². The third kappa shape index (κ3) is 4.11. The Morgan fingerprint density at radius 3 is 1.77 bits per heavy atom. The first-order chi connectivity index (χ1) is 5.55. The molecule has 0 saturated heterocycles. The quantitative estimate of drug-likeness (QED) is 0.700. The van der Waals surface area contributed by atoms with Crippen molar-refractivity contribution < 1.29 is 36.2 Å². The second-order valence-corrected chi connectivity index (χ2v) is 2.18. The van der Waals surface area contributed by atoms with Crippen molar-refractivity contribution in [1.82, 2.24) is 0 Å². The van der Waals surface area contributed by atoms with E-state index in [-0.39, 0.29) is 0 Å². The van der Waals surface area contributed by atoms with Gasteiger partial charge < -0.3 is 5.11 Å². The molecular weight excluding hydrogens is 206 g/mol. The van der Waals surface area contributed by atoms with Crippen molar-refractivity contribution in [2.24, 2.45) is 0 Å². The van der Waals surface area contributed by atoms with Crippen LogP contribution in [0.4, 0.5) is 26.3 Å². The van der Waals surface area contributed by atoms with E-state index in [0.717, 1.165) is 0 Å². The Hall–Kier alpha value is -0.790. The lowest BCUT2D eigenvalue weighted by atomic mass is 10.2. The molecule has 0 bridgehead atoms. The molecule has 0 aromatic heterocycles. The number of alkyl halides is 6. The molecule has 0 aromatic rings. The second-order valence-electron chi connectivity index (χ2n) is 2.18. The van der Waals surface area contributed by atoms with E-state index in [1.165, 1.54) is 0 Å². The number of aliphatic hydroxyl groups is 1. The van der Waals surface area contributed by atoms with Crippen LogP contribution < -0.4 is 0 Å². The van der Waals surface area contributed by atoms with E-state index in [4.69, 9.17) is 5.11 Å². The van der Waals surface area contributed by atoms with Gasteiger partial charge in [-0.25, -0.2) is 0 Å². The fourth-order valence-electron chi connectivity index (χ4n) is 0.407. The minimum absolute atomic E-state index is 1.99. The molecule has 0 amide bonds. The molecule has 0 fully saturated rings. The average molecular weight is 210 g/mol. The second kappa shape index (κ2) is 3.52. The first-order valence-electron chi connectivity index (χ1n) is 2.90. The average Bonchev–Trinajstić information content (AvgIpc) is 1.82. The zero-order chi connectivity index (χ0) is 10.9. The molecule has 13 heavy (non-hydrogen) atoms. The van der Waals surface area contributed by atoms with Crippen LogP contribution in [0.3, 0.4) is 0 Å². The van der Waals surface area contributed by atoms with Crippen molar-refractivity contribution in [3.63, 3.8) is 0 Å². The Labute approximate surface area is 68.1 Å². The monoisotopic (exact) mass is 210 g/mol. The number of Topliss-reactive ketones (excluding diaryl/α,β-unsaturated/α-hetero) is 1. The smallest absolute Gasteiger partial charge is 0.383 e. The molecule has 2 nitrogen and oxygen atoms in total. The molecule has 1 N–H and O–H groups in total. The Morgan fingerprint density at radius 1 is 1.15 bits per heavy atom. The van der Waals surface area contributed by atoms with Gasteiger partial charge in [-0.2, -0.15) is 26.3 Å². The molecule has 0 heterocycles. The summed E-state index contributed by atoms with van der Waals surface area (Å²) >= 11 is 0. The third-order valence-corrected chi connectivity index (χ3v) is 1.07. The lowest BCUT2D eigenvalue weighted by molar-refractivity contribution is -0.213. The maximum Gasteiger partial charge on any atom is 0.450 e. The molecule has 0 aromatic carbocycles. The highest BCUT2D eigenvalue weighted by Gasteiger charge is 2.46. The van der Waals surface area contributed by atoms with Gasteiger partial charge in [0.1, 0.15) is 0 Å². The molecule has 0 rings (SSSR count). The Morgan fingerprint density at radius 2 is 1.54 bits per heavy atom. The summed E-state index contributed by atoms with van der Waals surface area (Å²) in [6, 6.07) is 0. The number of hydrogen-bond donors (Lipinski definition) is 1. The van der Waals surface area contributed by atoms with Gasteiger partial charge in [0.15, 0.2) is 6.10 Å². The van der Waals surface area contributed by atoms with Gasteiger partial charge in [0.2, 0.25) is 5.78 Å².